The minimum atomic E-state index is -1.14. The molecule has 3 amide bonds. The predicted molar refractivity (Wildman–Crippen MR) is 174 cm³/mol. The number of terminal acetylenes is 1. The molecule has 44 heavy (non-hydrogen) atoms. The highest BCUT2D eigenvalue weighted by Gasteiger charge is 2.34. The third-order valence-corrected chi connectivity index (χ3v) is 8.61. The predicted octanol–water partition coefficient (Wildman–Crippen LogP) is 3.03. The van der Waals surface area contributed by atoms with Gasteiger partial charge in [-0.15, -0.1) is 12.3 Å². The molecule has 1 aliphatic rings. The minimum Gasteiger partial charge on any atom is -0.390 e. The summed E-state index contributed by atoms with van der Waals surface area (Å²) < 4.78 is 0. The molecule has 0 saturated heterocycles. The number of nitrogens with one attached hydrogen (secondary N) is 3. The zero-order chi connectivity index (χ0) is 32.5. The molecule has 0 radical (unpaired) electrons. The number of aliphatic hydroxyl groups excluding tert-OH is 2. The molecule has 0 aliphatic heterocycles. The summed E-state index contributed by atoms with van der Waals surface area (Å²) in [6.45, 7) is 5.09. The fraction of sp³-hybridized carbons (Fsp3) is 0.686. The topological polar surface area (TPSA) is 131 Å². The smallest absolute Gasteiger partial charge is 0.242 e. The highest BCUT2D eigenvalue weighted by atomic mass is 16.3. The number of hydrogen-bond acceptors (Lipinski definition) is 6. The van der Waals surface area contributed by atoms with Crippen molar-refractivity contribution < 1.29 is 24.6 Å². The molecular formula is C35H56N4O5. The molecule has 5 atom stereocenters. The minimum absolute atomic E-state index is 0.00513. The van der Waals surface area contributed by atoms with E-state index in [2.05, 4.69) is 21.9 Å². The summed E-state index contributed by atoms with van der Waals surface area (Å²) in [6.07, 6.45) is 10.7. The van der Waals surface area contributed by atoms with Gasteiger partial charge in [0, 0.05) is 33.0 Å². The third kappa shape index (κ3) is 13.4. The SMILES string of the molecule is C#CCC[C@H](NC(=O)C(CC(=O)N(C)CCNC)Cc1ccccc1)C(=O)NC(CC1CCCCC1)[C@@H](O)C(O)CC(C)C. The average molecular weight is 613 g/mol. The first kappa shape index (κ1) is 37.3. The van der Waals surface area contributed by atoms with Crippen molar-refractivity contribution in [3.8, 4) is 12.3 Å². The summed E-state index contributed by atoms with van der Waals surface area (Å²) in [5.41, 5.74) is 0.915. The molecule has 1 fully saturated rings. The molecule has 0 aromatic heterocycles. The van der Waals surface area contributed by atoms with Gasteiger partial charge in [-0.1, -0.05) is 76.3 Å². The Labute approximate surface area is 264 Å². The quantitative estimate of drug-likeness (QED) is 0.153. The number of hydrogen-bond donors (Lipinski definition) is 5. The molecule has 0 bridgehead atoms. The lowest BCUT2D eigenvalue weighted by Crippen LogP contribution is -2.56. The van der Waals surface area contributed by atoms with Crippen LogP contribution in [0.1, 0.15) is 83.6 Å². The van der Waals surface area contributed by atoms with Crippen molar-refractivity contribution >= 4 is 17.7 Å². The lowest BCUT2D eigenvalue weighted by atomic mass is 9.82. The van der Waals surface area contributed by atoms with Crippen LogP contribution in [0.25, 0.3) is 0 Å². The van der Waals surface area contributed by atoms with Gasteiger partial charge < -0.3 is 31.1 Å². The average Bonchev–Trinajstić information content (AvgIpc) is 3.01. The number of rotatable bonds is 19. The molecule has 9 heteroatoms. The molecule has 1 aromatic carbocycles. The number of aliphatic hydroxyl groups is 2. The van der Waals surface area contributed by atoms with Crippen molar-refractivity contribution in [2.24, 2.45) is 17.8 Å². The van der Waals surface area contributed by atoms with Crippen molar-refractivity contribution in [3.63, 3.8) is 0 Å². The zero-order valence-corrected chi connectivity index (χ0v) is 27.3. The summed E-state index contributed by atoms with van der Waals surface area (Å²) in [5, 5.41) is 30.9. The van der Waals surface area contributed by atoms with Crippen LogP contribution in [0.5, 0.6) is 0 Å². The monoisotopic (exact) mass is 612 g/mol. The molecule has 246 valence electrons. The van der Waals surface area contributed by atoms with E-state index in [1.807, 2.05) is 51.2 Å². The van der Waals surface area contributed by atoms with E-state index in [0.29, 0.717) is 38.3 Å². The molecule has 1 saturated carbocycles. The van der Waals surface area contributed by atoms with E-state index in [-0.39, 0.29) is 31.1 Å². The molecule has 1 aliphatic carbocycles. The van der Waals surface area contributed by atoms with Crippen molar-refractivity contribution in [3.05, 3.63) is 35.9 Å². The van der Waals surface area contributed by atoms with Crippen molar-refractivity contribution in [2.45, 2.75) is 109 Å². The van der Waals surface area contributed by atoms with Crippen LogP contribution in [0.2, 0.25) is 0 Å². The Hall–Kier alpha value is -2.93. The zero-order valence-electron chi connectivity index (χ0n) is 27.3. The van der Waals surface area contributed by atoms with Crippen molar-refractivity contribution in [1.29, 1.82) is 0 Å². The van der Waals surface area contributed by atoms with E-state index in [1.54, 1.807) is 11.9 Å². The standard InChI is InChI=1S/C35H56N4O5/c1-6-7-18-29(35(44)38-30(23-27-16-12-9-13-17-27)33(42)31(40)21-25(2)3)37-34(43)28(22-26-14-10-8-11-15-26)24-32(41)39(5)20-19-36-4/h1,8,10-11,14-15,25,27-31,33,36,40,42H,7,9,12-13,16-24H2,2-5H3,(H,37,43)(H,38,44)/t28?,29-,30?,31?,33+/m0/s1. The molecule has 5 N–H and O–H groups in total. The van der Waals surface area contributed by atoms with E-state index < -0.39 is 42.0 Å². The van der Waals surface area contributed by atoms with E-state index in [9.17, 15) is 24.6 Å². The van der Waals surface area contributed by atoms with Gasteiger partial charge in [0.1, 0.15) is 12.1 Å². The molecule has 0 spiro atoms. The Kier molecular flexibility index (Phi) is 17.1. The second-order valence-corrected chi connectivity index (χ2v) is 12.9. The van der Waals surface area contributed by atoms with Crippen LogP contribution in [-0.2, 0) is 20.8 Å². The van der Waals surface area contributed by atoms with E-state index >= 15 is 0 Å². The maximum atomic E-state index is 13.7. The molecule has 2 rings (SSSR count). The number of likely N-dealkylation sites (N-methyl/N-ethyl adjacent to an activating group) is 2. The maximum absolute atomic E-state index is 13.7. The normalized spacial score (nSPS) is 17.1. The maximum Gasteiger partial charge on any atom is 0.242 e. The summed E-state index contributed by atoms with van der Waals surface area (Å²) in [6, 6.07) is 7.89. The molecule has 9 nitrogen and oxygen atoms in total. The molecule has 3 unspecified atom stereocenters. The Morgan fingerprint density at radius 3 is 2.34 bits per heavy atom. The Morgan fingerprint density at radius 2 is 1.73 bits per heavy atom. The van der Waals surface area contributed by atoms with Crippen LogP contribution in [-0.4, -0.2) is 84.3 Å². The van der Waals surface area contributed by atoms with Gasteiger partial charge >= 0.3 is 0 Å². The van der Waals surface area contributed by atoms with Crippen LogP contribution in [0.4, 0.5) is 0 Å². The summed E-state index contributed by atoms with van der Waals surface area (Å²) in [4.78, 5) is 42.2. The van der Waals surface area contributed by atoms with Crippen molar-refractivity contribution in [2.75, 3.05) is 27.2 Å². The number of amides is 3. The second-order valence-electron chi connectivity index (χ2n) is 12.9. The largest absolute Gasteiger partial charge is 0.390 e. The summed E-state index contributed by atoms with van der Waals surface area (Å²) in [7, 11) is 3.53. The van der Waals surface area contributed by atoms with Gasteiger partial charge in [0.05, 0.1) is 18.1 Å². The number of carbonyl (C=O) groups is 3. The highest BCUT2D eigenvalue weighted by Crippen LogP contribution is 2.29. The van der Waals surface area contributed by atoms with Gasteiger partial charge in [0.15, 0.2) is 0 Å². The van der Waals surface area contributed by atoms with Gasteiger partial charge in [-0.25, -0.2) is 0 Å². The second kappa shape index (κ2) is 20.2. The molecular weight excluding hydrogens is 556 g/mol. The summed E-state index contributed by atoms with van der Waals surface area (Å²) in [5.74, 6) is 1.38. The van der Waals surface area contributed by atoms with Crippen LogP contribution in [0.15, 0.2) is 30.3 Å². The van der Waals surface area contributed by atoms with Gasteiger partial charge in [-0.2, -0.15) is 0 Å². The fourth-order valence-corrected chi connectivity index (χ4v) is 5.95. The van der Waals surface area contributed by atoms with Crippen LogP contribution in [0.3, 0.4) is 0 Å². The van der Waals surface area contributed by atoms with Crippen LogP contribution in [0, 0.1) is 30.1 Å². The number of benzene rings is 1. The first-order valence-electron chi connectivity index (χ1n) is 16.4. The van der Waals surface area contributed by atoms with Crippen LogP contribution >= 0.6 is 0 Å². The van der Waals surface area contributed by atoms with Gasteiger partial charge in [0.2, 0.25) is 17.7 Å². The van der Waals surface area contributed by atoms with Crippen LogP contribution < -0.4 is 16.0 Å². The van der Waals surface area contributed by atoms with E-state index in [1.165, 1.54) is 6.42 Å². The first-order chi connectivity index (χ1) is 21.0. The highest BCUT2D eigenvalue weighted by molar-refractivity contribution is 5.91. The van der Waals surface area contributed by atoms with E-state index in [0.717, 1.165) is 31.2 Å². The van der Waals surface area contributed by atoms with Gasteiger partial charge in [-0.3, -0.25) is 14.4 Å². The lowest BCUT2D eigenvalue weighted by Gasteiger charge is -2.34. The summed E-state index contributed by atoms with van der Waals surface area (Å²) >= 11 is 0. The Morgan fingerprint density at radius 1 is 1.05 bits per heavy atom. The van der Waals surface area contributed by atoms with E-state index in [4.69, 9.17) is 6.42 Å². The first-order valence-corrected chi connectivity index (χ1v) is 16.4. The third-order valence-electron chi connectivity index (χ3n) is 8.61. The van der Waals surface area contributed by atoms with Gasteiger partial charge in [-0.05, 0) is 50.1 Å². The van der Waals surface area contributed by atoms with Gasteiger partial charge in [0.25, 0.3) is 0 Å². The molecule has 1 aromatic rings. The Balaban J connectivity index is 2.24. The molecule has 0 heterocycles. The van der Waals surface area contributed by atoms with Crippen molar-refractivity contribution in [1.82, 2.24) is 20.9 Å². The fourth-order valence-electron chi connectivity index (χ4n) is 5.95. The number of carbonyl (C=O) groups excluding carboxylic acids is 3. The number of nitrogens with zero attached hydrogens (tertiary/aromatic N) is 1. The Bertz CT molecular complexity index is 1040. The lowest BCUT2D eigenvalue weighted by molar-refractivity contribution is -0.137.